The highest BCUT2D eigenvalue weighted by Gasteiger charge is 2.29. The summed E-state index contributed by atoms with van der Waals surface area (Å²) in [5.41, 5.74) is 1.12. The predicted octanol–water partition coefficient (Wildman–Crippen LogP) is 1.10. The Labute approximate surface area is 125 Å². The first-order valence-corrected chi connectivity index (χ1v) is 7.70. The Morgan fingerprint density at radius 2 is 2.00 bits per heavy atom. The molecule has 1 unspecified atom stereocenters. The van der Waals surface area contributed by atoms with Gasteiger partial charge in [-0.05, 0) is 31.5 Å². The zero-order chi connectivity index (χ0) is 14.7. The van der Waals surface area contributed by atoms with E-state index < -0.39 is 0 Å². The third-order valence-electron chi connectivity index (χ3n) is 4.38. The average molecular weight is 289 g/mol. The van der Waals surface area contributed by atoms with Crippen LogP contribution in [0.5, 0.6) is 5.75 Å². The van der Waals surface area contributed by atoms with Crippen LogP contribution in [0.4, 0.5) is 5.69 Å². The molecule has 2 aliphatic rings. The van der Waals surface area contributed by atoms with E-state index in [1.165, 1.54) is 0 Å². The second-order valence-corrected chi connectivity index (χ2v) is 5.63. The molecular weight excluding hydrogens is 266 g/mol. The van der Waals surface area contributed by atoms with Crippen molar-refractivity contribution in [3.05, 3.63) is 24.3 Å². The van der Waals surface area contributed by atoms with Gasteiger partial charge in [-0.15, -0.1) is 0 Å². The summed E-state index contributed by atoms with van der Waals surface area (Å²) >= 11 is 0. The Morgan fingerprint density at radius 3 is 2.67 bits per heavy atom. The third kappa shape index (κ3) is 2.97. The molecule has 1 aromatic carbocycles. The molecule has 5 nitrogen and oxygen atoms in total. The molecule has 0 aliphatic carbocycles. The Balaban J connectivity index is 1.61. The molecule has 1 N–H and O–H groups in total. The highest BCUT2D eigenvalue weighted by molar-refractivity contribution is 5.82. The fourth-order valence-electron chi connectivity index (χ4n) is 3.17. The molecule has 1 amide bonds. The molecular formula is C16H23N3O2. The molecule has 114 valence electrons. The van der Waals surface area contributed by atoms with Crippen LogP contribution in [0, 0.1) is 0 Å². The van der Waals surface area contributed by atoms with Crippen molar-refractivity contribution >= 4 is 11.6 Å². The number of nitrogens with zero attached hydrogens (tertiary/aromatic N) is 2. The summed E-state index contributed by atoms with van der Waals surface area (Å²) in [7, 11) is 1.70. The fourth-order valence-corrected chi connectivity index (χ4v) is 3.17. The van der Waals surface area contributed by atoms with Crippen LogP contribution in [0.2, 0.25) is 0 Å². The zero-order valence-corrected chi connectivity index (χ0v) is 12.5. The van der Waals surface area contributed by atoms with E-state index in [9.17, 15) is 4.79 Å². The number of ether oxygens (including phenoxy) is 1. The Kier molecular flexibility index (Phi) is 4.29. The predicted molar refractivity (Wildman–Crippen MR) is 82.8 cm³/mol. The third-order valence-corrected chi connectivity index (χ3v) is 4.38. The molecule has 0 spiro atoms. The smallest absolute Gasteiger partial charge is 0.239 e. The fraction of sp³-hybridized carbons (Fsp3) is 0.562. The Morgan fingerprint density at radius 1 is 1.24 bits per heavy atom. The van der Waals surface area contributed by atoms with E-state index in [2.05, 4.69) is 16.3 Å². The number of hydrogen-bond acceptors (Lipinski definition) is 4. The first-order chi connectivity index (χ1) is 10.3. The van der Waals surface area contributed by atoms with Gasteiger partial charge in [0.2, 0.25) is 5.91 Å². The number of hydrogen-bond donors (Lipinski definition) is 1. The molecule has 1 aromatic rings. The molecule has 1 atom stereocenters. The molecule has 0 aromatic heterocycles. The number of rotatable bonds is 3. The van der Waals surface area contributed by atoms with Gasteiger partial charge in [0.25, 0.3) is 0 Å². The minimum atomic E-state index is 0.0443. The second-order valence-electron chi connectivity index (χ2n) is 5.63. The quantitative estimate of drug-likeness (QED) is 0.905. The summed E-state index contributed by atoms with van der Waals surface area (Å²) in [5.74, 6) is 1.17. The van der Waals surface area contributed by atoms with Gasteiger partial charge in [0.05, 0.1) is 18.8 Å². The van der Waals surface area contributed by atoms with E-state index in [1.54, 1.807) is 7.11 Å². The van der Waals surface area contributed by atoms with Crippen LogP contribution in [0.1, 0.15) is 12.8 Å². The first-order valence-electron chi connectivity index (χ1n) is 7.70. The van der Waals surface area contributed by atoms with Gasteiger partial charge in [-0.2, -0.15) is 0 Å². The van der Waals surface area contributed by atoms with Crippen molar-refractivity contribution in [3.63, 3.8) is 0 Å². The van der Waals surface area contributed by atoms with E-state index in [0.29, 0.717) is 0 Å². The van der Waals surface area contributed by atoms with Crippen molar-refractivity contribution < 1.29 is 9.53 Å². The minimum absolute atomic E-state index is 0.0443. The molecule has 0 saturated carbocycles. The van der Waals surface area contributed by atoms with Gasteiger partial charge in [0.1, 0.15) is 5.75 Å². The van der Waals surface area contributed by atoms with Crippen LogP contribution in [-0.4, -0.2) is 56.7 Å². The average Bonchev–Trinajstić information content (AvgIpc) is 3.09. The lowest BCUT2D eigenvalue weighted by atomic mass is 10.1. The lowest BCUT2D eigenvalue weighted by Gasteiger charge is -2.37. The monoisotopic (exact) mass is 289 g/mol. The van der Waals surface area contributed by atoms with Crippen molar-refractivity contribution in [1.29, 1.82) is 0 Å². The van der Waals surface area contributed by atoms with Crippen LogP contribution in [0.3, 0.4) is 0 Å². The molecule has 0 radical (unpaired) electrons. The Hall–Kier alpha value is -1.75. The van der Waals surface area contributed by atoms with Crippen LogP contribution in [0.15, 0.2) is 24.3 Å². The minimum Gasteiger partial charge on any atom is -0.495 e. The summed E-state index contributed by atoms with van der Waals surface area (Å²) in [6.45, 7) is 4.26. The molecule has 2 heterocycles. The largest absolute Gasteiger partial charge is 0.495 e. The van der Waals surface area contributed by atoms with Crippen molar-refractivity contribution in [2.24, 2.45) is 0 Å². The molecule has 21 heavy (non-hydrogen) atoms. The molecule has 2 aliphatic heterocycles. The van der Waals surface area contributed by atoms with Crippen molar-refractivity contribution in [2.45, 2.75) is 18.9 Å². The number of anilines is 1. The van der Waals surface area contributed by atoms with E-state index in [1.807, 2.05) is 23.1 Å². The number of nitrogens with one attached hydrogen (secondary N) is 1. The van der Waals surface area contributed by atoms with Crippen LogP contribution in [-0.2, 0) is 4.79 Å². The van der Waals surface area contributed by atoms with Gasteiger partial charge in [-0.25, -0.2) is 0 Å². The molecule has 2 saturated heterocycles. The van der Waals surface area contributed by atoms with Crippen LogP contribution in [0.25, 0.3) is 0 Å². The van der Waals surface area contributed by atoms with Gasteiger partial charge in [-0.1, -0.05) is 12.1 Å². The normalized spacial score (nSPS) is 22.4. The lowest BCUT2D eigenvalue weighted by Crippen LogP contribution is -2.53. The first kappa shape index (κ1) is 14.2. The van der Waals surface area contributed by atoms with Crippen molar-refractivity contribution in [2.75, 3.05) is 44.7 Å². The summed E-state index contributed by atoms with van der Waals surface area (Å²) in [5, 5.41) is 3.29. The maximum absolute atomic E-state index is 12.4. The lowest BCUT2D eigenvalue weighted by molar-refractivity contribution is -0.133. The topological polar surface area (TPSA) is 44.8 Å². The van der Waals surface area contributed by atoms with Gasteiger partial charge in [0.15, 0.2) is 0 Å². The highest BCUT2D eigenvalue weighted by atomic mass is 16.5. The van der Waals surface area contributed by atoms with E-state index in [0.717, 1.165) is 57.0 Å². The number of piperazine rings is 1. The second kappa shape index (κ2) is 6.35. The van der Waals surface area contributed by atoms with Crippen molar-refractivity contribution in [3.8, 4) is 5.75 Å². The van der Waals surface area contributed by atoms with E-state index in [4.69, 9.17) is 4.74 Å². The molecule has 2 fully saturated rings. The molecule has 5 heteroatoms. The Bertz CT molecular complexity index is 492. The SMILES string of the molecule is COc1ccccc1N1CCN(C(=O)C2CCCN2)CC1. The molecule has 0 bridgehead atoms. The zero-order valence-electron chi connectivity index (χ0n) is 12.5. The number of benzene rings is 1. The standard InChI is InChI=1S/C16H23N3O2/c1-21-15-7-3-2-6-14(15)18-9-11-19(12-10-18)16(20)13-5-4-8-17-13/h2-3,6-7,13,17H,4-5,8-12H2,1H3. The summed E-state index contributed by atoms with van der Waals surface area (Å²) < 4.78 is 5.42. The molecule has 3 rings (SSSR count). The maximum atomic E-state index is 12.4. The van der Waals surface area contributed by atoms with Gasteiger partial charge >= 0.3 is 0 Å². The summed E-state index contributed by atoms with van der Waals surface area (Å²) in [4.78, 5) is 16.7. The van der Waals surface area contributed by atoms with Crippen LogP contribution < -0.4 is 15.0 Å². The number of carbonyl (C=O) groups is 1. The van der Waals surface area contributed by atoms with E-state index in [-0.39, 0.29) is 11.9 Å². The summed E-state index contributed by atoms with van der Waals surface area (Å²) in [6, 6.07) is 8.11. The highest BCUT2D eigenvalue weighted by Crippen LogP contribution is 2.28. The summed E-state index contributed by atoms with van der Waals surface area (Å²) in [6.07, 6.45) is 2.09. The van der Waals surface area contributed by atoms with Crippen molar-refractivity contribution in [1.82, 2.24) is 10.2 Å². The van der Waals surface area contributed by atoms with Gasteiger partial charge in [0, 0.05) is 26.2 Å². The number of amides is 1. The maximum Gasteiger partial charge on any atom is 0.239 e. The van der Waals surface area contributed by atoms with Gasteiger partial charge < -0.3 is 19.9 Å². The number of para-hydroxylation sites is 2. The number of carbonyl (C=O) groups excluding carboxylic acids is 1. The van der Waals surface area contributed by atoms with E-state index >= 15 is 0 Å². The van der Waals surface area contributed by atoms with Gasteiger partial charge in [-0.3, -0.25) is 4.79 Å². The van der Waals surface area contributed by atoms with Crippen LogP contribution >= 0.6 is 0 Å². The number of methoxy groups -OCH3 is 1.